The van der Waals surface area contributed by atoms with E-state index in [1.165, 1.54) is 0 Å². The van der Waals surface area contributed by atoms with Crippen LogP contribution in [0.25, 0.3) is 0 Å². The average Bonchev–Trinajstić information content (AvgIpc) is 2.55. The standard InChI is InChI=1S/C19H30O8/c1-11-7-5-3-2-4-6-8-12(13(18(24)25)9-15(20)21)17(11)14(19(26)27)10-16(22)23/h11-14,17H,2-10H2,1H3,(H,20,21)(H,22,23)(H,24,25)(H,26,27). The zero-order valence-electron chi connectivity index (χ0n) is 15.7. The van der Waals surface area contributed by atoms with Gasteiger partial charge in [-0.3, -0.25) is 19.2 Å². The largest absolute Gasteiger partial charge is 0.481 e. The molecule has 0 aromatic heterocycles. The molecule has 0 amide bonds. The van der Waals surface area contributed by atoms with Crippen molar-refractivity contribution in [2.75, 3.05) is 0 Å². The zero-order chi connectivity index (χ0) is 20.6. The van der Waals surface area contributed by atoms with Gasteiger partial charge in [-0.25, -0.2) is 0 Å². The Morgan fingerprint density at radius 2 is 1.19 bits per heavy atom. The number of carboxylic acid groups (broad SMARTS) is 4. The predicted molar refractivity (Wildman–Crippen MR) is 95.2 cm³/mol. The smallest absolute Gasteiger partial charge is 0.307 e. The minimum absolute atomic E-state index is 0.204. The molecule has 4 N–H and O–H groups in total. The third-order valence-electron chi connectivity index (χ3n) is 5.75. The van der Waals surface area contributed by atoms with Crippen molar-refractivity contribution in [2.45, 2.75) is 64.7 Å². The van der Waals surface area contributed by atoms with E-state index in [9.17, 15) is 34.5 Å². The summed E-state index contributed by atoms with van der Waals surface area (Å²) in [6.07, 6.45) is 4.27. The molecule has 0 radical (unpaired) electrons. The lowest BCUT2D eigenvalue weighted by Gasteiger charge is -2.39. The third kappa shape index (κ3) is 7.19. The first-order valence-corrected chi connectivity index (χ1v) is 9.54. The molecule has 1 aliphatic carbocycles. The van der Waals surface area contributed by atoms with Gasteiger partial charge < -0.3 is 20.4 Å². The lowest BCUT2D eigenvalue weighted by molar-refractivity contribution is -0.157. The van der Waals surface area contributed by atoms with E-state index in [0.29, 0.717) is 19.3 Å². The van der Waals surface area contributed by atoms with Gasteiger partial charge in [0.1, 0.15) is 0 Å². The van der Waals surface area contributed by atoms with E-state index in [1.54, 1.807) is 0 Å². The lowest BCUT2D eigenvalue weighted by Crippen LogP contribution is -2.41. The number of aliphatic carboxylic acids is 4. The first-order valence-electron chi connectivity index (χ1n) is 9.54. The Kier molecular flexibility index (Phi) is 9.25. The van der Waals surface area contributed by atoms with Gasteiger partial charge in [0.05, 0.1) is 24.7 Å². The summed E-state index contributed by atoms with van der Waals surface area (Å²) in [7, 11) is 0. The third-order valence-corrected chi connectivity index (χ3v) is 5.75. The quantitative estimate of drug-likeness (QED) is 0.497. The van der Waals surface area contributed by atoms with Crippen molar-refractivity contribution in [3.63, 3.8) is 0 Å². The normalized spacial score (nSPS) is 26.5. The van der Waals surface area contributed by atoms with Crippen molar-refractivity contribution >= 4 is 23.9 Å². The summed E-state index contributed by atoms with van der Waals surface area (Å²) in [5.74, 6) is -9.10. The summed E-state index contributed by atoms with van der Waals surface area (Å²) in [6.45, 7) is 1.83. The highest BCUT2D eigenvalue weighted by Gasteiger charge is 2.44. The molecule has 1 rings (SSSR count). The number of rotatable bonds is 8. The van der Waals surface area contributed by atoms with E-state index < -0.39 is 60.4 Å². The minimum Gasteiger partial charge on any atom is -0.481 e. The Labute approximate surface area is 158 Å². The molecule has 5 atom stereocenters. The van der Waals surface area contributed by atoms with Gasteiger partial charge in [-0.15, -0.1) is 0 Å². The van der Waals surface area contributed by atoms with Gasteiger partial charge in [0.15, 0.2) is 0 Å². The number of hydrogen-bond acceptors (Lipinski definition) is 4. The highest BCUT2D eigenvalue weighted by molar-refractivity contribution is 5.79. The molecule has 0 aromatic rings. The second kappa shape index (κ2) is 10.9. The van der Waals surface area contributed by atoms with Crippen LogP contribution >= 0.6 is 0 Å². The molecule has 8 heteroatoms. The van der Waals surface area contributed by atoms with E-state index in [-0.39, 0.29) is 5.92 Å². The molecule has 0 heterocycles. The molecule has 0 spiro atoms. The Morgan fingerprint density at radius 3 is 1.67 bits per heavy atom. The van der Waals surface area contributed by atoms with E-state index in [4.69, 9.17) is 5.11 Å². The van der Waals surface area contributed by atoms with Crippen molar-refractivity contribution < 1.29 is 39.6 Å². The van der Waals surface area contributed by atoms with E-state index >= 15 is 0 Å². The first-order chi connectivity index (χ1) is 12.6. The van der Waals surface area contributed by atoms with Crippen LogP contribution < -0.4 is 0 Å². The fraction of sp³-hybridized carbons (Fsp3) is 0.789. The Balaban J connectivity index is 3.36. The van der Waals surface area contributed by atoms with Crippen LogP contribution in [0.4, 0.5) is 0 Å². The summed E-state index contributed by atoms with van der Waals surface area (Å²) < 4.78 is 0. The number of carbonyl (C=O) groups is 4. The zero-order valence-corrected chi connectivity index (χ0v) is 15.7. The molecule has 1 saturated carbocycles. The van der Waals surface area contributed by atoms with Crippen molar-refractivity contribution in [1.82, 2.24) is 0 Å². The molecule has 1 aliphatic rings. The minimum atomic E-state index is -1.27. The topological polar surface area (TPSA) is 149 Å². The highest BCUT2D eigenvalue weighted by Crippen LogP contribution is 2.42. The average molecular weight is 386 g/mol. The fourth-order valence-electron chi connectivity index (χ4n) is 4.53. The van der Waals surface area contributed by atoms with Crippen LogP contribution in [-0.4, -0.2) is 44.3 Å². The van der Waals surface area contributed by atoms with Gasteiger partial charge in [0.25, 0.3) is 0 Å². The second-order valence-electron chi connectivity index (χ2n) is 7.65. The molecular formula is C19H30O8. The fourth-order valence-corrected chi connectivity index (χ4v) is 4.53. The van der Waals surface area contributed by atoms with Gasteiger partial charge >= 0.3 is 23.9 Å². The summed E-state index contributed by atoms with van der Waals surface area (Å²) in [5.41, 5.74) is 0. The molecule has 27 heavy (non-hydrogen) atoms. The Hall–Kier alpha value is -2.12. The molecular weight excluding hydrogens is 356 g/mol. The number of hydrogen-bond donors (Lipinski definition) is 4. The summed E-state index contributed by atoms with van der Waals surface area (Å²) in [6, 6.07) is 0. The summed E-state index contributed by atoms with van der Waals surface area (Å²) in [4.78, 5) is 46.2. The molecule has 0 bridgehead atoms. The van der Waals surface area contributed by atoms with Crippen molar-refractivity contribution in [2.24, 2.45) is 29.6 Å². The molecule has 0 saturated heterocycles. The van der Waals surface area contributed by atoms with Gasteiger partial charge in [-0.05, 0) is 24.2 Å². The second-order valence-corrected chi connectivity index (χ2v) is 7.65. The molecule has 1 fully saturated rings. The van der Waals surface area contributed by atoms with Crippen LogP contribution in [0.2, 0.25) is 0 Å². The van der Waals surface area contributed by atoms with Crippen LogP contribution in [0.15, 0.2) is 0 Å². The van der Waals surface area contributed by atoms with Crippen LogP contribution in [0, 0.1) is 29.6 Å². The molecule has 0 aliphatic heterocycles. The molecule has 154 valence electrons. The maximum absolute atomic E-state index is 11.9. The van der Waals surface area contributed by atoms with Gasteiger partial charge in [0, 0.05) is 0 Å². The van der Waals surface area contributed by atoms with E-state index in [1.807, 2.05) is 6.92 Å². The predicted octanol–water partition coefficient (Wildman–Crippen LogP) is 2.95. The van der Waals surface area contributed by atoms with Crippen LogP contribution in [0.3, 0.4) is 0 Å². The van der Waals surface area contributed by atoms with Crippen molar-refractivity contribution in [3.8, 4) is 0 Å². The van der Waals surface area contributed by atoms with Crippen molar-refractivity contribution in [3.05, 3.63) is 0 Å². The lowest BCUT2D eigenvalue weighted by atomic mass is 9.64. The van der Waals surface area contributed by atoms with Crippen molar-refractivity contribution in [1.29, 1.82) is 0 Å². The Bertz CT molecular complexity index is 544. The maximum atomic E-state index is 11.9. The maximum Gasteiger partial charge on any atom is 0.307 e. The van der Waals surface area contributed by atoms with Gasteiger partial charge in [-0.2, -0.15) is 0 Å². The van der Waals surface area contributed by atoms with E-state index in [0.717, 1.165) is 25.7 Å². The van der Waals surface area contributed by atoms with Crippen LogP contribution in [0.1, 0.15) is 64.7 Å². The molecule has 0 aromatic carbocycles. The van der Waals surface area contributed by atoms with Crippen LogP contribution in [-0.2, 0) is 19.2 Å². The summed E-state index contributed by atoms with van der Waals surface area (Å²) >= 11 is 0. The van der Waals surface area contributed by atoms with Gasteiger partial charge in [0.2, 0.25) is 0 Å². The first kappa shape index (κ1) is 22.9. The Morgan fingerprint density at radius 1 is 0.741 bits per heavy atom. The van der Waals surface area contributed by atoms with Gasteiger partial charge in [-0.1, -0.05) is 45.4 Å². The highest BCUT2D eigenvalue weighted by atomic mass is 16.4. The number of carboxylic acids is 4. The van der Waals surface area contributed by atoms with Crippen LogP contribution in [0.5, 0.6) is 0 Å². The van der Waals surface area contributed by atoms with E-state index in [2.05, 4.69) is 0 Å². The molecule has 5 unspecified atom stereocenters. The SMILES string of the molecule is CC1CCCCCCCC(C(CC(=O)O)C(=O)O)C1C(CC(=O)O)C(=O)O. The monoisotopic (exact) mass is 386 g/mol. The molecule has 8 nitrogen and oxygen atoms in total. The summed E-state index contributed by atoms with van der Waals surface area (Å²) in [5, 5.41) is 37.7.